The van der Waals surface area contributed by atoms with Crippen LogP contribution < -0.4 is 4.74 Å². The SMILES string of the molecule is COc1ccc(-c2ccc(C(C)(C)C(=O)O)cc2)cc1. The molecule has 1 N–H and O–H groups in total. The summed E-state index contributed by atoms with van der Waals surface area (Å²) in [6.07, 6.45) is 0. The molecule has 0 bridgehead atoms. The van der Waals surface area contributed by atoms with Crippen molar-refractivity contribution in [2.24, 2.45) is 0 Å². The molecule has 0 spiro atoms. The third-order valence-electron chi connectivity index (χ3n) is 3.56. The summed E-state index contributed by atoms with van der Waals surface area (Å²) in [5, 5.41) is 9.22. The van der Waals surface area contributed by atoms with Crippen molar-refractivity contribution in [3.8, 4) is 16.9 Å². The summed E-state index contributed by atoms with van der Waals surface area (Å²) in [6.45, 7) is 3.41. The van der Waals surface area contributed by atoms with Crippen LogP contribution in [-0.4, -0.2) is 18.2 Å². The number of methoxy groups -OCH3 is 1. The molecule has 0 atom stereocenters. The van der Waals surface area contributed by atoms with E-state index in [-0.39, 0.29) is 0 Å². The molecule has 0 saturated heterocycles. The van der Waals surface area contributed by atoms with Crippen molar-refractivity contribution in [2.45, 2.75) is 19.3 Å². The van der Waals surface area contributed by atoms with Crippen molar-refractivity contribution in [3.63, 3.8) is 0 Å². The minimum atomic E-state index is -0.877. The first-order chi connectivity index (χ1) is 9.45. The van der Waals surface area contributed by atoms with Gasteiger partial charge in [-0.25, -0.2) is 0 Å². The molecule has 0 saturated carbocycles. The smallest absolute Gasteiger partial charge is 0.313 e. The van der Waals surface area contributed by atoms with Crippen LogP contribution in [0.2, 0.25) is 0 Å². The molecule has 0 amide bonds. The van der Waals surface area contributed by atoms with E-state index in [0.29, 0.717) is 0 Å². The van der Waals surface area contributed by atoms with Gasteiger partial charge in [-0.05, 0) is 42.7 Å². The van der Waals surface area contributed by atoms with Crippen LogP contribution in [0.5, 0.6) is 5.75 Å². The monoisotopic (exact) mass is 270 g/mol. The third-order valence-corrected chi connectivity index (χ3v) is 3.56. The molecule has 0 aliphatic rings. The summed E-state index contributed by atoms with van der Waals surface area (Å²) >= 11 is 0. The lowest BCUT2D eigenvalue weighted by Gasteiger charge is -2.19. The van der Waals surface area contributed by atoms with Gasteiger partial charge < -0.3 is 9.84 Å². The number of hydrogen-bond donors (Lipinski definition) is 1. The van der Waals surface area contributed by atoms with Crippen LogP contribution in [0.4, 0.5) is 0 Å². The van der Waals surface area contributed by atoms with E-state index in [2.05, 4.69) is 0 Å². The Morgan fingerprint density at radius 1 is 0.950 bits per heavy atom. The normalized spacial score (nSPS) is 11.2. The Hall–Kier alpha value is -2.29. The maximum atomic E-state index is 11.2. The Morgan fingerprint density at radius 3 is 1.80 bits per heavy atom. The first kappa shape index (κ1) is 14.1. The van der Waals surface area contributed by atoms with Gasteiger partial charge in [0.2, 0.25) is 0 Å². The van der Waals surface area contributed by atoms with Crippen LogP contribution in [0, 0.1) is 0 Å². The van der Waals surface area contributed by atoms with E-state index in [4.69, 9.17) is 4.74 Å². The van der Waals surface area contributed by atoms with Crippen molar-refractivity contribution in [3.05, 3.63) is 54.1 Å². The Balaban J connectivity index is 2.30. The Labute approximate surface area is 118 Å². The molecule has 0 fully saturated rings. The standard InChI is InChI=1S/C17H18O3/c1-17(2,16(18)19)14-8-4-12(5-9-14)13-6-10-15(20-3)11-7-13/h4-11H,1-3H3,(H,18,19). The van der Waals surface area contributed by atoms with Crippen molar-refractivity contribution < 1.29 is 14.6 Å². The molecule has 0 aliphatic carbocycles. The molecule has 3 heteroatoms. The quantitative estimate of drug-likeness (QED) is 0.921. The molecular formula is C17H18O3. The molecule has 2 aromatic carbocycles. The number of carboxylic acid groups (broad SMARTS) is 1. The van der Waals surface area contributed by atoms with E-state index in [1.54, 1.807) is 21.0 Å². The Morgan fingerprint density at radius 2 is 1.40 bits per heavy atom. The van der Waals surface area contributed by atoms with Gasteiger partial charge in [0.1, 0.15) is 5.75 Å². The van der Waals surface area contributed by atoms with Gasteiger partial charge in [-0.15, -0.1) is 0 Å². The first-order valence-corrected chi connectivity index (χ1v) is 6.43. The highest BCUT2D eigenvalue weighted by Crippen LogP contribution is 2.27. The van der Waals surface area contributed by atoms with E-state index in [0.717, 1.165) is 22.4 Å². The van der Waals surface area contributed by atoms with Crippen LogP contribution in [0.25, 0.3) is 11.1 Å². The Bertz CT molecular complexity index is 595. The molecule has 0 unspecified atom stereocenters. The predicted molar refractivity (Wildman–Crippen MR) is 79.1 cm³/mol. The fourth-order valence-electron chi connectivity index (χ4n) is 1.99. The van der Waals surface area contributed by atoms with Gasteiger partial charge in [-0.1, -0.05) is 36.4 Å². The summed E-state index contributed by atoms with van der Waals surface area (Å²) in [4.78, 5) is 11.2. The largest absolute Gasteiger partial charge is 0.497 e. The summed E-state index contributed by atoms with van der Waals surface area (Å²) in [6, 6.07) is 15.4. The number of aliphatic carboxylic acids is 1. The average molecular weight is 270 g/mol. The minimum absolute atomic E-state index is 0.794. The van der Waals surface area contributed by atoms with Crippen molar-refractivity contribution >= 4 is 5.97 Å². The van der Waals surface area contributed by atoms with E-state index < -0.39 is 11.4 Å². The second kappa shape index (κ2) is 5.37. The van der Waals surface area contributed by atoms with Crippen molar-refractivity contribution in [1.29, 1.82) is 0 Å². The summed E-state index contributed by atoms with van der Waals surface area (Å²) < 4.78 is 5.13. The van der Waals surface area contributed by atoms with Crippen LogP contribution in [0.3, 0.4) is 0 Å². The van der Waals surface area contributed by atoms with Gasteiger partial charge in [-0.3, -0.25) is 4.79 Å². The fraction of sp³-hybridized carbons (Fsp3) is 0.235. The second-order valence-electron chi connectivity index (χ2n) is 5.24. The summed E-state index contributed by atoms with van der Waals surface area (Å²) in [7, 11) is 1.64. The topological polar surface area (TPSA) is 46.5 Å². The predicted octanol–water partition coefficient (Wildman–Crippen LogP) is 3.72. The van der Waals surface area contributed by atoms with Gasteiger partial charge in [0, 0.05) is 0 Å². The van der Waals surface area contributed by atoms with Crippen LogP contribution in [0.1, 0.15) is 19.4 Å². The van der Waals surface area contributed by atoms with Crippen LogP contribution in [-0.2, 0) is 10.2 Å². The molecule has 0 aromatic heterocycles. The number of rotatable bonds is 4. The second-order valence-corrected chi connectivity index (χ2v) is 5.24. The maximum Gasteiger partial charge on any atom is 0.313 e. The zero-order chi connectivity index (χ0) is 14.8. The Kier molecular flexibility index (Phi) is 3.79. The highest BCUT2D eigenvalue weighted by molar-refractivity contribution is 5.80. The fourth-order valence-corrected chi connectivity index (χ4v) is 1.99. The third kappa shape index (κ3) is 2.67. The van der Waals surface area contributed by atoms with E-state index >= 15 is 0 Å². The molecule has 0 radical (unpaired) electrons. The summed E-state index contributed by atoms with van der Waals surface area (Å²) in [5.41, 5.74) is 2.05. The van der Waals surface area contributed by atoms with Gasteiger partial charge in [0.05, 0.1) is 12.5 Å². The van der Waals surface area contributed by atoms with Crippen LogP contribution >= 0.6 is 0 Å². The highest BCUT2D eigenvalue weighted by Gasteiger charge is 2.29. The first-order valence-electron chi connectivity index (χ1n) is 6.43. The number of carbonyl (C=O) groups is 1. The number of hydrogen-bond acceptors (Lipinski definition) is 2. The van der Waals surface area contributed by atoms with Gasteiger partial charge in [-0.2, -0.15) is 0 Å². The van der Waals surface area contributed by atoms with Crippen molar-refractivity contribution in [1.82, 2.24) is 0 Å². The molecule has 2 aromatic rings. The van der Waals surface area contributed by atoms with E-state index in [1.807, 2.05) is 48.5 Å². The zero-order valence-electron chi connectivity index (χ0n) is 11.9. The number of carboxylic acids is 1. The minimum Gasteiger partial charge on any atom is -0.497 e. The lowest BCUT2D eigenvalue weighted by Crippen LogP contribution is -2.28. The van der Waals surface area contributed by atoms with Gasteiger partial charge >= 0.3 is 5.97 Å². The maximum absolute atomic E-state index is 11.2. The number of benzene rings is 2. The number of ether oxygens (including phenoxy) is 1. The molecular weight excluding hydrogens is 252 g/mol. The molecule has 0 heterocycles. The highest BCUT2D eigenvalue weighted by atomic mass is 16.5. The molecule has 2 rings (SSSR count). The molecule has 0 aliphatic heterocycles. The average Bonchev–Trinajstić information content (AvgIpc) is 2.47. The summed E-state index contributed by atoms with van der Waals surface area (Å²) in [5.74, 6) is -0.00734. The van der Waals surface area contributed by atoms with Crippen LogP contribution in [0.15, 0.2) is 48.5 Å². The van der Waals surface area contributed by atoms with E-state index in [9.17, 15) is 9.90 Å². The molecule has 3 nitrogen and oxygen atoms in total. The van der Waals surface area contributed by atoms with Gasteiger partial charge in [0.15, 0.2) is 0 Å². The van der Waals surface area contributed by atoms with E-state index in [1.165, 1.54) is 0 Å². The van der Waals surface area contributed by atoms with Crippen molar-refractivity contribution in [2.75, 3.05) is 7.11 Å². The molecule has 104 valence electrons. The lowest BCUT2D eigenvalue weighted by atomic mass is 9.84. The zero-order valence-corrected chi connectivity index (χ0v) is 11.9. The van der Waals surface area contributed by atoms with Gasteiger partial charge in [0.25, 0.3) is 0 Å². The molecule has 20 heavy (non-hydrogen) atoms. The lowest BCUT2D eigenvalue weighted by molar-refractivity contribution is -0.142.